The zero-order valence-electron chi connectivity index (χ0n) is 18.1. The summed E-state index contributed by atoms with van der Waals surface area (Å²) in [4.78, 5) is 19.2. The minimum absolute atomic E-state index is 0.135. The van der Waals surface area contributed by atoms with E-state index in [4.69, 9.17) is 4.52 Å². The lowest BCUT2D eigenvalue weighted by molar-refractivity contribution is 0.206. The van der Waals surface area contributed by atoms with Crippen LogP contribution < -0.4 is 5.32 Å². The van der Waals surface area contributed by atoms with Crippen LogP contribution in [0.1, 0.15) is 28.2 Å². The molecule has 4 aromatic rings. The molecule has 162 valence electrons. The highest BCUT2D eigenvalue weighted by Crippen LogP contribution is 2.29. The Morgan fingerprint density at radius 2 is 1.91 bits per heavy atom. The van der Waals surface area contributed by atoms with Crippen LogP contribution in [0.2, 0.25) is 0 Å². The molecule has 0 saturated heterocycles. The minimum atomic E-state index is -0.135. The first-order valence-corrected chi connectivity index (χ1v) is 10.6. The third-order valence-corrected chi connectivity index (χ3v) is 5.71. The topological polar surface area (TPSA) is 89.1 Å². The maximum Gasteiger partial charge on any atom is 0.322 e. The van der Waals surface area contributed by atoms with Gasteiger partial charge in [-0.15, -0.1) is 0 Å². The van der Waals surface area contributed by atoms with Crippen molar-refractivity contribution >= 4 is 11.7 Å². The number of carbonyl (C=O) groups excluding carboxylic acids is 1. The van der Waals surface area contributed by atoms with E-state index in [1.54, 1.807) is 4.90 Å². The highest BCUT2D eigenvalue weighted by Gasteiger charge is 2.29. The minimum Gasteiger partial charge on any atom is -0.332 e. The molecule has 32 heavy (non-hydrogen) atoms. The summed E-state index contributed by atoms with van der Waals surface area (Å²) >= 11 is 0. The number of carbonyl (C=O) groups is 1. The number of hydrogen-bond donors (Lipinski definition) is 1. The van der Waals surface area contributed by atoms with Crippen LogP contribution in [0.4, 0.5) is 10.5 Å². The van der Waals surface area contributed by atoms with Gasteiger partial charge in [-0.2, -0.15) is 10.1 Å². The van der Waals surface area contributed by atoms with Gasteiger partial charge in [-0.05, 0) is 24.6 Å². The summed E-state index contributed by atoms with van der Waals surface area (Å²) in [6.45, 7) is 3.07. The van der Waals surface area contributed by atoms with E-state index in [0.717, 1.165) is 28.1 Å². The molecule has 2 aromatic heterocycles. The van der Waals surface area contributed by atoms with Crippen LogP contribution >= 0.6 is 0 Å². The molecule has 8 heteroatoms. The van der Waals surface area contributed by atoms with Gasteiger partial charge in [0.15, 0.2) is 11.5 Å². The van der Waals surface area contributed by atoms with E-state index >= 15 is 0 Å². The Hall–Kier alpha value is -3.94. The Balaban J connectivity index is 1.35. The quantitative estimate of drug-likeness (QED) is 0.531. The number of rotatable bonds is 4. The zero-order chi connectivity index (χ0) is 22.1. The van der Waals surface area contributed by atoms with E-state index in [0.29, 0.717) is 43.3 Å². The molecule has 1 N–H and O–H groups in total. The molecule has 0 atom stereocenters. The SMILES string of the molecule is Cc1ccc(NC(=O)N2CCc3c(c(-c4nc(Cc5ccccc5)no4)nn3C)C2)cc1. The molecule has 1 aliphatic heterocycles. The van der Waals surface area contributed by atoms with Crippen molar-refractivity contribution in [3.05, 3.63) is 82.8 Å². The summed E-state index contributed by atoms with van der Waals surface area (Å²) in [5.41, 5.74) is 5.72. The molecular formula is C24H24N6O2. The number of anilines is 1. The van der Waals surface area contributed by atoms with Gasteiger partial charge >= 0.3 is 6.03 Å². The van der Waals surface area contributed by atoms with Crippen LogP contribution in [-0.2, 0) is 26.4 Å². The molecule has 0 fully saturated rings. The van der Waals surface area contributed by atoms with Crippen molar-refractivity contribution in [1.29, 1.82) is 0 Å². The van der Waals surface area contributed by atoms with Crippen molar-refractivity contribution < 1.29 is 9.32 Å². The van der Waals surface area contributed by atoms with Gasteiger partial charge < -0.3 is 14.7 Å². The average molecular weight is 428 g/mol. The van der Waals surface area contributed by atoms with Gasteiger partial charge in [0.05, 0.1) is 6.54 Å². The maximum absolute atomic E-state index is 12.9. The monoisotopic (exact) mass is 428 g/mol. The van der Waals surface area contributed by atoms with E-state index in [1.165, 1.54) is 0 Å². The van der Waals surface area contributed by atoms with Crippen LogP contribution in [0.3, 0.4) is 0 Å². The van der Waals surface area contributed by atoms with Crippen molar-refractivity contribution in [1.82, 2.24) is 24.8 Å². The standard InChI is InChI=1S/C24H24N6O2/c1-16-8-10-18(11-9-16)25-24(31)30-13-12-20-19(15-30)22(27-29(20)2)23-26-21(28-32-23)14-17-6-4-3-5-7-17/h3-11H,12-15H2,1-2H3,(H,25,31). The van der Waals surface area contributed by atoms with Gasteiger partial charge in [0, 0.05) is 43.4 Å². The van der Waals surface area contributed by atoms with Gasteiger partial charge in [-0.25, -0.2) is 4.79 Å². The molecule has 5 rings (SSSR count). The summed E-state index contributed by atoms with van der Waals surface area (Å²) < 4.78 is 7.40. The highest BCUT2D eigenvalue weighted by molar-refractivity contribution is 5.89. The fourth-order valence-corrected chi connectivity index (χ4v) is 3.98. The number of aromatic nitrogens is 4. The number of amides is 2. The van der Waals surface area contributed by atoms with Crippen molar-refractivity contribution in [3.8, 4) is 11.6 Å². The number of urea groups is 1. The third kappa shape index (κ3) is 3.99. The van der Waals surface area contributed by atoms with Crippen LogP contribution in [0.25, 0.3) is 11.6 Å². The zero-order valence-corrected chi connectivity index (χ0v) is 18.1. The largest absolute Gasteiger partial charge is 0.332 e. The van der Waals surface area contributed by atoms with Crippen molar-refractivity contribution in [2.45, 2.75) is 26.3 Å². The number of nitrogens with zero attached hydrogens (tertiary/aromatic N) is 5. The van der Waals surface area contributed by atoms with E-state index in [1.807, 2.05) is 73.3 Å². The molecule has 0 spiro atoms. The first-order chi connectivity index (χ1) is 15.6. The molecule has 0 saturated carbocycles. The Morgan fingerprint density at radius 3 is 2.69 bits per heavy atom. The summed E-state index contributed by atoms with van der Waals surface area (Å²) in [6, 6.07) is 17.7. The van der Waals surface area contributed by atoms with E-state index in [-0.39, 0.29) is 6.03 Å². The van der Waals surface area contributed by atoms with E-state index in [2.05, 4.69) is 20.6 Å². The Kier molecular flexibility index (Phi) is 5.18. The molecule has 1 aliphatic rings. The first kappa shape index (κ1) is 20.0. The first-order valence-electron chi connectivity index (χ1n) is 10.6. The molecule has 0 aliphatic carbocycles. The molecule has 0 bridgehead atoms. The molecular weight excluding hydrogens is 404 g/mol. The Morgan fingerprint density at radius 1 is 1.12 bits per heavy atom. The maximum atomic E-state index is 12.9. The van der Waals surface area contributed by atoms with Crippen molar-refractivity contribution in [3.63, 3.8) is 0 Å². The molecule has 0 radical (unpaired) electrons. The molecule has 2 amide bonds. The van der Waals surface area contributed by atoms with Crippen LogP contribution in [-0.4, -0.2) is 37.4 Å². The number of aryl methyl sites for hydroxylation is 2. The highest BCUT2D eigenvalue weighted by atomic mass is 16.5. The lowest BCUT2D eigenvalue weighted by atomic mass is 10.1. The number of hydrogen-bond acceptors (Lipinski definition) is 5. The van der Waals surface area contributed by atoms with Gasteiger partial charge in [0.2, 0.25) is 0 Å². The predicted molar refractivity (Wildman–Crippen MR) is 120 cm³/mol. The van der Waals surface area contributed by atoms with Crippen molar-refractivity contribution in [2.75, 3.05) is 11.9 Å². The Labute approximate surface area is 185 Å². The van der Waals surface area contributed by atoms with Gasteiger partial charge in [-0.3, -0.25) is 4.68 Å². The second-order valence-electron chi connectivity index (χ2n) is 8.04. The normalized spacial score (nSPS) is 13.1. The lowest BCUT2D eigenvalue weighted by Crippen LogP contribution is -2.39. The van der Waals surface area contributed by atoms with Crippen molar-refractivity contribution in [2.24, 2.45) is 7.05 Å². The second-order valence-corrected chi connectivity index (χ2v) is 8.04. The second kappa shape index (κ2) is 8.30. The van der Waals surface area contributed by atoms with E-state index < -0.39 is 0 Å². The fourth-order valence-electron chi connectivity index (χ4n) is 3.98. The number of nitrogens with one attached hydrogen (secondary N) is 1. The molecule has 8 nitrogen and oxygen atoms in total. The molecule has 2 aromatic carbocycles. The fraction of sp³-hybridized carbons (Fsp3) is 0.250. The van der Waals surface area contributed by atoms with Crippen LogP contribution in [0.15, 0.2) is 59.1 Å². The third-order valence-electron chi connectivity index (χ3n) is 5.71. The van der Waals surface area contributed by atoms with Crippen LogP contribution in [0.5, 0.6) is 0 Å². The average Bonchev–Trinajstić information content (AvgIpc) is 3.40. The summed E-state index contributed by atoms with van der Waals surface area (Å²) in [5.74, 6) is 0.990. The summed E-state index contributed by atoms with van der Waals surface area (Å²) in [7, 11) is 1.91. The summed E-state index contributed by atoms with van der Waals surface area (Å²) in [6.07, 6.45) is 1.30. The van der Waals surface area contributed by atoms with Crippen LogP contribution in [0, 0.1) is 6.92 Å². The Bertz CT molecular complexity index is 1240. The molecule has 3 heterocycles. The van der Waals surface area contributed by atoms with Gasteiger partial charge in [-0.1, -0.05) is 53.2 Å². The molecule has 0 unspecified atom stereocenters. The predicted octanol–water partition coefficient (Wildman–Crippen LogP) is 3.96. The lowest BCUT2D eigenvalue weighted by Gasteiger charge is -2.27. The summed E-state index contributed by atoms with van der Waals surface area (Å²) in [5, 5.41) is 11.7. The van der Waals surface area contributed by atoms with E-state index in [9.17, 15) is 4.79 Å². The van der Waals surface area contributed by atoms with Gasteiger partial charge in [0.1, 0.15) is 0 Å². The number of fused-ring (bicyclic) bond motifs is 1. The number of benzene rings is 2. The smallest absolute Gasteiger partial charge is 0.322 e. The van der Waals surface area contributed by atoms with Gasteiger partial charge in [0.25, 0.3) is 5.89 Å².